The normalized spacial score (nSPS) is 16.7. The van der Waals surface area contributed by atoms with Crippen LogP contribution in [0.4, 0.5) is 0 Å². The lowest BCUT2D eigenvalue weighted by Crippen LogP contribution is -2.41. The first-order valence-corrected chi connectivity index (χ1v) is 11.1. The molecule has 1 amide bonds. The molecular formula is C23H23N3O3S. The van der Waals surface area contributed by atoms with Crippen molar-refractivity contribution in [3.8, 4) is 16.9 Å². The fourth-order valence-electron chi connectivity index (χ4n) is 3.99. The first kappa shape index (κ1) is 19.4. The van der Waals surface area contributed by atoms with E-state index in [4.69, 9.17) is 9.84 Å². The molecule has 2 aliphatic heterocycles. The Morgan fingerprint density at radius 3 is 2.77 bits per heavy atom. The van der Waals surface area contributed by atoms with Gasteiger partial charge in [-0.1, -0.05) is 30.3 Å². The van der Waals surface area contributed by atoms with Crippen LogP contribution in [0.5, 0.6) is 0 Å². The Labute approximate surface area is 179 Å². The number of hydrogen-bond acceptors (Lipinski definition) is 5. The zero-order chi connectivity index (χ0) is 20.7. The van der Waals surface area contributed by atoms with Gasteiger partial charge in [-0.2, -0.15) is 5.10 Å². The molecule has 30 heavy (non-hydrogen) atoms. The predicted octanol–water partition coefficient (Wildman–Crippen LogP) is 3.67. The van der Waals surface area contributed by atoms with Gasteiger partial charge < -0.3 is 14.7 Å². The maximum atomic E-state index is 13.3. The molecule has 5 rings (SSSR count). The first-order chi connectivity index (χ1) is 14.6. The summed E-state index contributed by atoms with van der Waals surface area (Å²) in [5.74, 6) is 0.661. The molecule has 6 nitrogen and oxygen atoms in total. The van der Waals surface area contributed by atoms with Crippen molar-refractivity contribution in [1.29, 1.82) is 0 Å². The fourth-order valence-corrected chi connectivity index (χ4v) is 5.06. The Morgan fingerprint density at radius 1 is 1.17 bits per heavy atom. The van der Waals surface area contributed by atoms with Crippen LogP contribution in [0.25, 0.3) is 16.9 Å². The maximum Gasteiger partial charge on any atom is 0.274 e. The fraction of sp³-hybridized carbons (Fsp3) is 0.304. The van der Waals surface area contributed by atoms with Gasteiger partial charge in [-0.15, -0.1) is 11.8 Å². The van der Waals surface area contributed by atoms with Gasteiger partial charge in [0.1, 0.15) is 0 Å². The summed E-state index contributed by atoms with van der Waals surface area (Å²) < 4.78 is 7.28. The van der Waals surface area contributed by atoms with Gasteiger partial charge in [0.05, 0.1) is 30.7 Å². The molecule has 2 aliphatic rings. The molecule has 2 aromatic carbocycles. The third-order valence-corrected chi connectivity index (χ3v) is 6.70. The van der Waals surface area contributed by atoms with Crippen molar-refractivity contribution in [2.75, 3.05) is 26.3 Å². The van der Waals surface area contributed by atoms with E-state index >= 15 is 0 Å². The SMILES string of the molecule is CC(O)c1cccc(-n2nc(C(=O)N3CCOCC3)c3c2-c2ccccc2SC3)c1. The number of carbonyl (C=O) groups is 1. The number of hydrogen-bond donors (Lipinski definition) is 1. The van der Waals surface area contributed by atoms with Gasteiger partial charge >= 0.3 is 0 Å². The lowest BCUT2D eigenvalue weighted by atomic mass is 10.0. The second-order valence-electron chi connectivity index (χ2n) is 7.55. The van der Waals surface area contributed by atoms with Crippen LogP contribution in [0.2, 0.25) is 0 Å². The number of fused-ring (bicyclic) bond motifs is 3. The number of morpholine rings is 1. The molecule has 1 aromatic heterocycles. The molecule has 1 atom stereocenters. The lowest BCUT2D eigenvalue weighted by Gasteiger charge is -2.26. The molecule has 0 spiro atoms. The topological polar surface area (TPSA) is 67.6 Å². The van der Waals surface area contributed by atoms with Gasteiger partial charge in [-0.25, -0.2) is 4.68 Å². The minimum Gasteiger partial charge on any atom is -0.389 e. The van der Waals surface area contributed by atoms with Crippen LogP contribution in [-0.2, 0) is 10.5 Å². The molecular weight excluding hydrogens is 398 g/mol. The number of benzene rings is 2. The van der Waals surface area contributed by atoms with Gasteiger partial charge in [0.2, 0.25) is 0 Å². The van der Waals surface area contributed by atoms with Gasteiger partial charge in [-0.05, 0) is 30.7 Å². The predicted molar refractivity (Wildman–Crippen MR) is 116 cm³/mol. The van der Waals surface area contributed by atoms with Crippen molar-refractivity contribution in [2.45, 2.75) is 23.7 Å². The average molecular weight is 422 g/mol. The monoisotopic (exact) mass is 421 g/mol. The Kier molecular flexibility index (Phi) is 5.10. The molecule has 1 fully saturated rings. The number of rotatable bonds is 3. The molecule has 1 unspecified atom stereocenters. The van der Waals surface area contributed by atoms with Gasteiger partial charge in [0, 0.05) is 34.9 Å². The van der Waals surface area contributed by atoms with Gasteiger partial charge in [0.25, 0.3) is 5.91 Å². The Bertz CT molecular complexity index is 1100. The summed E-state index contributed by atoms with van der Waals surface area (Å²) in [6.07, 6.45) is -0.575. The molecule has 0 radical (unpaired) electrons. The number of aliphatic hydroxyl groups excluding tert-OH is 1. The number of aromatic nitrogens is 2. The summed E-state index contributed by atoms with van der Waals surface area (Å²) in [5.41, 5.74) is 5.18. The van der Waals surface area contributed by atoms with Crippen molar-refractivity contribution < 1.29 is 14.6 Å². The molecule has 3 heterocycles. The zero-order valence-electron chi connectivity index (χ0n) is 16.7. The largest absolute Gasteiger partial charge is 0.389 e. The van der Waals surface area contributed by atoms with Gasteiger partial charge in [-0.3, -0.25) is 4.79 Å². The third kappa shape index (κ3) is 3.33. The summed E-state index contributed by atoms with van der Waals surface area (Å²) in [6.45, 7) is 4.03. The van der Waals surface area contributed by atoms with Crippen LogP contribution in [0.1, 0.15) is 34.6 Å². The summed E-state index contributed by atoms with van der Waals surface area (Å²) in [6, 6.07) is 16.0. The zero-order valence-corrected chi connectivity index (χ0v) is 17.6. The van der Waals surface area contributed by atoms with E-state index in [-0.39, 0.29) is 5.91 Å². The molecule has 1 N–H and O–H groups in total. The summed E-state index contributed by atoms with van der Waals surface area (Å²) in [4.78, 5) is 16.4. The van der Waals surface area contributed by atoms with Crippen LogP contribution in [-0.4, -0.2) is 52.0 Å². The standard InChI is InChI=1S/C23H23N3O3S/c1-15(27)16-5-4-6-17(13-16)26-22-18-7-2-3-8-20(18)30-14-19(22)21(24-26)23(28)25-9-11-29-12-10-25/h2-8,13,15,27H,9-12,14H2,1H3. The second-order valence-corrected chi connectivity index (χ2v) is 8.57. The van der Waals surface area contributed by atoms with Gasteiger partial charge in [0.15, 0.2) is 5.69 Å². The number of ether oxygens (including phenoxy) is 1. The smallest absolute Gasteiger partial charge is 0.274 e. The second kappa shape index (κ2) is 7.91. The molecule has 0 bridgehead atoms. The van der Waals surface area contributed by atoms with E-state index < -0.39 is 6.10 Å². The third-order valence-electron chi connectivity index (χ3n) is 5.60. The van der Waals surface area contributed by atoms with E-state index in [1.807, 2.05) is 46.0 Å². The number of aliphatic hydroxyl groups is 1. The van der Waals surface area contributed by atoms with Crippen LogP contribution in [0, 0.1) is 0 Å². The van der Waals surface area contributed by atoms with E-state index in [1.54, 1.807) is 18.7 Å². The summed E-state index contributed by atoms with van der Waals surface area (Å²) in [7, 11) is 0. The lowest BCUT2D eigenvalue weighted by molar-refractivity contribution is 0.0298. The summed E-state index contributed by atoms with van der Waals surface area (Å²) >= 11 is 1.74. The van der Waals surface area contributed by atoms with Crippen molar-refractivity contribution in [3.63, 3.8) is 0 Å². The number of amides is 1. The molecule has 0 saturated carbocycles. The highest BCUT2D eigenvalue weighted by molar-refractivity contribution is 7.98. The van der Waals surface area contributed by atoms with Crippen LogP contribution in [0.3, 0.4) is 0 Å². The van der Waals surface area contributed by atoms with E-state index in [2.05, 4.69) is 12.1 Å². The minimum atomic E-state index is -0.575. The number of carbonyl (C=O) groups excluding carboxylic acids is 1. The van der Waals surface area contributed by atoms with Crippen LogP contribution in [0.15, 0.2) is 53.4 Å². The average Bonchev–Trinajstić information content (AvgIpc) is 3.19. The molecule has 3 aromatic rings. The Balaban J connectivity index is 1.68. The van der Waals surface area contributed by atoms with E-state index in [0.29, 0.717) is 37.8 Å². The van der Waals surface area contributed by atoms with Crippen molar-refractivity contribution in [2.24, 2.45) is 0 Å². The molecule has 1 saturated heterocycles. The van der Waals surface area contributed by atoms with Crippen LogP contribution < -0.4 is 0 Å². The highest BCUT2D eigenvalue weighted by Crippen LogP contribution is 2.43. The Morgan fingerprint density at radius 2 is 1.97 bits per heavy atom. The highest BCUT2D eigenvalue weighted by Gasteiger charge is 2.31. The first-order valence-electron chi connectivity index (χ1n) is 10.1. The van der Waals surface area contributed by atoms with Crippen molar-refractivity contribution >= 4 is 17.7 Å². The highest BCUT2D eigenvalue weighted by atomic mass is 32.2. The minimum absolute atomic E-state index is 0.0417. The van der Waals surface area contributed by atoms with E-state index in [0.717, 1.165) is 28.1 Å². The van der Waals surface area contributed by atoms with Crippen molar-refractivity contribution in [3.05, 3.63) is 65.4 Å². The molecule has 7 heteroatoms. The maximum absolute atomic E-state index is 13.3. The Hall–Kier alpha value is -2.61. The molecule has 154 valence electrons. The number of nitrogens with zero attached hydrogens (tertiary/aromatic N) is 3. The number of thioether (sulfide) groups is 1. The summed E-state index contributed by atoms with van der Waals surface area (Å²) in [5, 5.41) is 14.9. The quantitative estimate of drug-likeness (QED) is 0.699. The molecule has 0 aliphatic carbocycles. The van der Waals surface area contributed by atoms with E-state index in [9.17, 15) is 9.90 Å². The van der Waals surface area contributed by atoms with Crippen molar-refractivity contribution in [1.82, 2.24) is 14.7 Å². The van der Waals surface area contributed by atoms with E-state index in [1.165, 1.54) is 4.90 Å². The van der Waals surface area contributed by atoms with Crippen LogP contribution >= 0.6 is 11.8 Å².